The van der Waals surface area contributed by atoms with E-state index in [4.69, 9.17) is 14.0 Å². The summed E-state index contributed by atoms with van der Waals surface area (Å²) >= 11 is 0. The van der Waals surface area contributed by atoms with Gasteiger partial charge in [0, 0.05) is 26.4 Å². The molecule has 6 rings (SSSR count). The summed E-state index contributed by atoms with van der Waals surface area (Å²) in [4.78, 5) is 0. The molecule has 33 heavy (non-hydrogen) atoms. The third kappa shape index (κ3) is 2.90. The third-order valence-electron chi connectivity index (χ3n) is 6.72. The molecule has 0 amide bonds. The lowest BCUT2D eigenvalue weighted by Crippen LogP contribution is -2.31. The van der Waals surface area contributed by atoms with Crippen molar-refractivity contribution >= 4 is 43.5 Å². The average molecular weight is 438 g/mol. The van der Waals surface area contributed by atoms with Crippen LogP contribution in [0.4, 0.5) is 0 Å². The van der Waals surface area contributed by atoms with Crippen LogP contribution >= 0.6 is 0 Å². The smallest absolute Gasteiger partial charge is 0.224 e. The fourth-order valence-electron chi connectivity index (χ4n) is 4.98. The molecule has 0 aliphatic rings. The van der Waals surface area contributed by atoms with E-state index >= 15 is 0 Å². The molecule has 1 atom stereocenters. The highest BCUT2D eigenvalue weighted by Gasteiger charge is 2.25. The van der Waals surface area contributed by atoms with Gasteiger partial charge in [0.2, 0.25) is 5.69 Å². The number of hydrogen-bond donors (Lipinski definition) is 0. The highest BCUT2D eigenvalue weighted by atomic mass is 16.3. The molecule has 2 heteroatoms. The SMILES string of the molecule is [2H]C([2H])([2H])c1cc2c(oc3ccc4ccccc4c32)c(-c2c3ccc(C([2H])(C)C([2H])([2H])[2H])cc3cc[n+]2C)c1C. The summed E-state index contributed by atoms with van der Waals surface area (Å²) in [5, 5.41) is 5.16. The molecule has 0 spiro atoms. The Morgan fingerprint density at radius 1 is 0.939 bits per heavy atom. The lowest BCUT2D eigenvalue weighted by atomic mass is 9.92. The van der Waals surface area contributed by atoms with Gasteiger partial charge in [0.1, 0.15) is 18.2 Å². The predicted octanol–water partition coefficient (Wildman–Crippen LogP) is 8.12. The van der Waals surface area contributed by atoms with Crippen LogP contribution in [0.5, 0.6) is 0 Å². The quantitative estimate of drug-likeness (QED) is 0.250. The van der Waals surface area contributed by atoms with Gasteiger partial charge in [-0.15, -0.1) is 0 Å². The monoisotopic (exact) mass is 437 g/mol. The minimum Gasteiger partial charge on any atom is -0.455 e. The summed E-state index contributed by atoms with van der Waals surface area (Å²) < 4.78 is 65.8. The van der Waals surface area contributed by atoms with E-state index in [0.29, 0.717) is 27.9 Å². The van der Waals surface area contributed by atoms with Crippen molar-refractivity contribution in [1.82, 2.24) is 0 Å². The van der Waals surface area contributed by atoms with Crippen LogP contribution in [0.15, 0.2) is 77.3 Å². The molecular weight excluding hydrogens is 402 g/mol. The summed E-state index contributed by atoms with van der Waals surface area (Å²) in [6, 6.07) is 20.8. The number of pyridine rings is 1. The summed E-state index contributed by atoms with van der Waals surface area (Å²) in [6.45, 7) is -1.65. The number of aryl methyl sites for hydroxylation is 2. The second-order valence-corrected chi connectivity index (χ2v) is 8.76. The molecule has 0 aliphatic heterocycles. The Kier molecular flexibility index (Phi) is 3.00. The first-order valence-electron chi connectivity index (χ1n) is 14.5. The number of aromatic nitrogens is 1. The third-order valence-corrected chi connectivity index (χ3v) is 6.72. The van der Waals surface area contributed by atoms with Crippen molar-refractivity contribution in [3.63, 3.8) is 0 Å². The van der Waals surface area contributed by atoms with Crippen LogP contribution in [0.3, 0.4) is 0 Å². The average Bonchev–Trinajstić information content (AvgIpc) is 3.26. The Hall–Kier alpha value is -3.65. The Morgan fingerprint density at radius 3 is 2.67 bits per heavy atom. The van der Waals surface area contributed by atoms with Crippen LogP contribution < -0.4 is 4.57 Å². The zero-order valence-corrected chi connectivity index (χ0v) is 18.8. The van der Waals surface area contributed by atoms with Crippen molar-refractivity contribution in [1.29, 1.82) is 0 Å². The molecule has 0 radical (unpaired) electrons. The molecule has 2 nitrogen and oxygen atoms in total. The second-order valence-electron chi connectivity index (χ2n) is 8.76. The van der Waals surface area contributed by atoms with Gasteiger partial charge in [-0.2, -0.15) is 0 Å². The number of benzene rings is 4. The molecule has 4 aromatic carbocycles. The predicted molar refractivity (Wildman–Crippen MR) is 139 cm³/mol. The van der Waals surface area contributed by atoms with Crippen molar-refractivity contribution in [3.05, 3.63) is 89.6 Å². The molecule has 0 fully saturated rings. The van der Waals surface area contributed by atoms with E-state index in [2.05, 4.69) is 0 Å². The zero-order chi connectivity index (χ0) is 28.8. The van der Waals surface area contributed by atoms with Gasteiger partial charge in [-0.1, -0.05) is 56.2 Å². The molecule has 0 aliphatic carbocycles. The molecule has 0 bridgehead atoms. The Morgan fingerprint density at radius 2 is 1.82 bits per heavy atom. The normalized spacial score (nSPS) is 17.7. The minimum atomic E-state index is -2.50. The molecule has 2 heterocycles. The Labute approximate surface area is 203 Å². The van der Waals surface area contributed by atoms with Crippen molar-refractivity contribution in [3.8, 4) is 11.3 Å². The van der Waals surface area contributed by atoms with Crippen molar-refractivity contribution in [2.75, 3.05) is 0 Å². The van der Waals surface area contributed by atoms with Gasteiger partial charge < -0.3 is 4.42 Å². The topological polar surface area (TPSA) is 17.0 Å². The summed E-state index contributed by atoms with van der Waals surface area (Å²) in [7, 11) is 1.89. The van der Waals surface area contributed by atoms with Gasteiger partial charge in [0.15, 0.2) is 6.20 Å². The van der Waals surface area contributed by atoms with Gasteiger partial charge in [0.05, 0.1) is 10.9 Å². The van der Waals surface area contributed by atoms with Crippen molar-refractivity contribution in [2.45, 2.75) is 33.4 Å². The van der Waals surface area contributed by atoms with Gasteiger partial charge in [0.25, 0.3) is 0 Å². The molecule has 0 saturated heterocycles. The maximum Gasteiger partial charge on any atom is 0.224 e. The first-order chi connectivity index (χ1) is 18.7. The number of nitrogens with zero attached hydrogens (tertiary/aromatic N) is 1. The van der Waals surface area contributed by atoms with E-state index in [1.807, 2.05) is 73.3 Å². The molecule has 162 valence electrons. The van der Waals surface area contributed by atoms with Crippen molar-refractivity contribution < 1.29 is 18.6 Å². The molecular formula is C31H28NO+. The van der Waals surface area contributed by atoms with Crippen LogP contribution in [0.25, 0.3) is 54.7 Å². The number of furan rings is 1. The van der Waals surface area contributed by atoms with E-state index in [0.717, 1.165) is 38.0 Å². The summed E-state index contributed by atoms with van der Waals surface area (Å²) in [5.41, 5.74) is 3.92. The van der Waals surface area contributed by atoms with E-state index < -0.39 is 19.6 Å². The second kappa shape index (κ2) is 7.18. The van der Waals surface area contributed by atoms with Gasteiger partial charge >= 0.3 is 0 Å². The van der Waals surface area contributed by atoms with E-state index in [1.165, 1.54) is 6.92 Å². The fourth-order valence-corrected chi connectivity index (χ4v) is 4.98. The number of fused-ring (bicyclic) bond motifs is 6. The highest BCUT2D eigenvalue weighted by molar-refractivity contribution is 6.21. The molecule has 0 saturated carbocycles. The fraction of sp³-hybridized carbons (Fsp3) is 0.194. The number of rotatable bonds is 2. The Balaban J connectivity index is 1.76. The maximum atomic E-state index is 8.58. The number of hydrogen-bond acceptors (Lipinski definition) is 1. The van der Waals surface area contributed by atoms with Gasteiger partial charge in [-0.25, -0.2) is 4.57 Å². The minimum absolute atomic E-state index is 0.250. The Bertz CT molecular complexity index is 1980. The van der Waals surface area contributed by atoms with E-state index in [1.54, 1.807) is 18.2 Å². The first kappa shape index (κ1) is 13.8. The maximum absolute atomic E-state index is 8.58. The lowest BCUT2D eigenvalue weighted by molar-refractivity contribution is -0.659. The van der Waals surface area contributed by atoms with Gasteiger partial charge in [-0.05, 0) is 70.7 Å². The molecule has 2 aromatic heterocycles. The molecule has 0 N–H and O–H groups in total. The van der Waals surface area contributed by atoms with E-state index in [-0.39, 0.29) is 5.56 Å². The van der Waals surface area contributed by atoms with E-state index in [9.17, 15) is 0 Å². The van der Waals surface area contributed by atoms with Crippen molar-refractivity contribution in [2.24, 2.45) is 7.05 Å². The largest absolute Gasteiger partial charge is 0.455 e. The van der Waals surface area contributed by atoms with Crippen LogP contribution in [0.2, 0.25) is 0 Å². The lowest BCUT2D eigenvalue weighted by Gasteiger charge is -2.12. The first-order valence-corrected chi connectivity index (χ1v) is 11.0. The van der Waals surface area contributed by atoms with Crippen LogP contribution in [-0.4, -0.2) is 0 Å². The van der Waals surface area contributed by atoms with Gasteiger partial charge in [-0.3, -0.25) is 0 Å². The van der Waals surface area contributed by atoms with Crippen LogP contribution in [0, 0.1) is 13.8 Å². The van der Waals surface area contributed by atoms with Crippen LogP contribution in [-0.2, 0) is 7.05 Å². The molecule has 1 unspecified atom stereocenters. The summed E-state index contributed by atoms with van der Waals surface area (Å²) in [5.74, 6) is -1.79. The highest BCUT2D eigenvalue weighted by Crippen LogP contribution is 2.42. The van der Waals surface area contributed by atoms with Crippen LogP contribution in [0.1, 0.15) is 46.0 Å². The summed E-state index contributed by atoms with van der Waals surface area (Å²) in [6.07, 6.45) is 1.86. The standard InChI is InChI=1S/C31H28NO/c1-18(2)22-10-12-25-23(17-22)14-15-32(5)30(25)28-20(4)19(3)16-26-29-24-9-7-6-8-21(24)11-13-27(29)33-31(26)28/h6-18H,1-5H3/q+1/i1D3,3D3,18D. The zero-order valence-electron chi connectivity index (χ0n) is 25.8. The molecule has 6 aromatic rings.